The average Bonchev–Trinajstić information content (AvgIpc) is 2.41. The molecule has 1 aromatic carbocycles. The van der Waals surface area contributed by atoms with Crippen molar-refractivity contribution in [1.29, 1.82) is 0 Å². The second-order valence-electron chi connectivity index (χ2n) is 3.09. The van der Waals surface area contributed by atoms with Gasteiger partial charge in [-0.15, -0.1) is 0 Å². The quantitative estimate of drug-likeness (QED) is 0.579. The number of ketones is 1. The van der Waals surface area contributed by atoms with Crippen molar-refractivity contribution in [2.24, 2.45) is 0 Å². The lowest BCUT2D eigenvalue weighted by Gasteiger charge is -2.00. The second-order valence-corrected chi connectivity index (χ2v) is 4.52. The number of Topliss-reactive ketones (excluding diaryl/α,β-unsaturated/α-hetero) is 1. The molecule has 0 aliphatic carbocycles. The Bertz CT molecular complexity index is 536. The molecule has 0 radical (unpaired) electrons. The summed E-state index contributed by atoms with van der Waals surface area (Å²) >= 11 is 0. The van der Waals surface area contributed by atoms with Crippen LogP contribution in [-0.2, 0) is 10.1 Å². The summed E-state index contributed by atoms with van der Waals surface area (Å²) in [6.45, 7) is 0. The predicted octanol–water partition coefficient (Wildman–Crippen LogP) is -0.140. The Kier molecular flexibility index (Phi) is 2.03. The lowest BCUT2D eigenvalue weighted by Crippen LogP contribution is -2.20. The van der Waals surface area contributed by atoms with Gasteiger partial charge in [0.1, 0.15) is 0 Å². The van der Waals surface area contributed by atoms with Gasteiger partial charge in [0.05, 0.1) is 4.90 Å². The maximum atomic E-state index is 11.3. The molecule has 1 heterocycles. The predicted molar refractivity (Wildman–Crippen MR) is 50.2 cm³/mol. The van der Waals surface area contributed by atoms with Gasteiger partial charge in [-0.05, 0) is 18.2 Å². The van der Waals surface area contributed by atoms with Gasteiger partial charge in [-0.2, -0.15) is 8.42 Å². The molecule has 15 heavy (non-hydrogen) atoms. The monoisotopic (exact) mass is 229 g/mol. The van der Waals surface area contributed by atoms with Crippen molar-refractivity contribution in [2.75, 3.05) is 5.32 Å². The van der Waals surface area contributed by atoms with Crippen LogP contribution >= 0.6 is 0 Å². The van der Waals surface area contributed by atoms with Gasteiger partial charge < -0.3 is 10.4 Å². The number of carbonyl (C=O) groups excluding carboxylic acids is 1. The van der Waals surface area contributed by atoms with E-state index in [1.54, 1.807) is 0 Å². The second kappa shape index (κ2) is 3.02. The third kappa shape index (κ3) is 1.60. The molecule has 1 unspecified atom stereocenters. The van der Waals surface area contributed by atoms with E-state index in [2.05, 4.69) is 5.32 Å². The molecule has 6 nitrogen and oxygen atoms in total. The van der Waals surface area contributed by atoms with E-state index in [-0.39, 0.29) is 10.5 Å². The summed E-state index contributed by atoms with van der Waals surface area (Å²) in [6.07, 6.45) is -1.35. The summed E-state index contributed by atoms with van der Waals surface area (Å²) in [5.41, 5.74) is 0.400. The highest BCUT2D eigenvalue weighted by Gasteiger charge is 2.29. The van der Waals surface area contributed by atoms with Gasteiger partial charge in [0, 0.05) is 11.3 Å². The highest BCUT2D eigenvalue weighted by atomic mass is 32.2. The summed E-state index contributed by atoms with van der Waals surface area (Å²) in [7, 11) is -4.33. The number of rotatable bonds is 1. The van der Waals surface area contributed by atoms with Gasteiger partial charge in [-0.1, -0.05) is 0 Å². The van der Waals surface area contributed by atoms with E-state index < -0.39 is 22.1 Å². The van der Waals surface area contributed by atoms with Crippen LogP contribution in [0.1, 0.15) is 10.4 Å². The smallest absolute Gasteiger partial charge is 0.294 e. The molecule has 0 aromatic heterocycles. The minimum Gasteiger partial charge on any atom is -0.367 e. The summed E-state index contributed by atoms with van der Waals surface area (Å²) in [5.74, 6) is -0.615. The molecule has 0 spiro atoms. The van der Waals surface area contributed by atoms with E-state index in [1.165, 1.54) is 6.07 Å². The van der Waals surface area contributed by atoms with Crippen LogP contribution in [0.15, 0.2) is 23.1 Å². The average molecular weight is 229 g/mol. The summed E-state index contributed by atoms with van der Waals surface area (Å²) in [4.78, 5) is 10.9. The lowest BCUT2D eigenvalue weighted by atomic mass is 10.1. The first-order valence-electron chi connectivity index (χ1n) is 4.00. The van der Waals surface area contributed by atoms with E-state index in [1.807, 2.05) is 0 Å². The van der Waals surface area contributed by atoms with Crippen LogP contribution in [0.4, 0.5) is 5.69 Å². The maximum absolute atomic E-state index is 11.3. The Balaban J connectivity index is 2.59. The van der Waals surface area contributed by atoms with Crippen molar-refractivity contribution >= 4 is 21.6 Å². The highest BCUT2D eigenvalue weighted by Crippen LogP contribution is 2.27. The van der Waals surface area contributed by atoms with Crippen molar-refractivity contribution in [2.45, 2.75) is 11.1 Å². The lowest BCUT2D eigenvalue weighted by molar-refractivity contribution is 0.0814. The molecule has 0 bridgehead atoms. The zero-order valence-corrected chi connectivity index (χ0v) is 8.15. The zero-order valence-electron chi connectivity index (χ0n) is 7.34. The SMILES string of the molecule is O=C1c2cc(S(=O)(=O)O)ccc2NC1O. The van der Waals surface area contributed by atoms with Crippen LogP contribution in [0, 0.1) is 0 Å². The number of fused-ring (bicyclic) bond motifs is 1. The molecule has 0 amide bonds. The van der Waals surface area contributed by atoms with Crippen LogP contribution in [-0.4, -0.2) is 30.1 Å². The fraction of sp³-hybridized carbons (Fsp3) is 0.125. The number of nitrogens with one attached hydrogen (secondary N) is 1. The topological polar surface area (TPSA) is 104 Å². The first kappa shape index (κ1) is 10.1. The molecule has 1 aliphatic heterocycles. The van der Waals surface area contributed by atoms with Crippen LogP contribution in [0.25, 0.3) is 0 Å². The van der Waals surface area contributed by atoms with Gasteiger partial charge in [0.25, 0.3) is 10.1 Å². The number of anilines is 1. The van der Waals surface area contributed by atoms with E-state index in [9.17, 15) is 13.2 Å². The van der Waals surface area contributed by atoms with E-state index in [0.29, 0.717) is 5.69 Å². The molecule has 1 aromatic rings. The van der Waals surface area contributed by atoms with Crippen molar-refractivity contribution in [3.63, 3.8) is 0 Å². The third-order valence-corrected chi connectivity index (χ3v) is 2.94. The number of hydrogen-bond donors (Lipinski definition) is 3. The van der Waals surface area contributed by atoms with Gasteiger partial charge >= 0.3 is 0 Å². The first-order chi connectivity index (χ1) is 6.89. The van der Waals surface area contributed by atoms with Crippen LogP contribution < -0.4 is 5.32 Å². The van der Waals surface area contributed by atoms with E-state index >= 15 is 0 Å². The Morgan fingerprint density at radius 3 is 2.60 bits per heavy atom. The third-order valence-electron chi connectivity index (χ3n) is 2.09. The van der Waals surface area contributed by atoms with Gasteiger partial charge in [-0.25, -0.2) is 0 Å². The van der Waals surface area contributed by atoms with Gasteiger partial charge in [0.2, 0.25) is 5.78 Å². The molecule has 3 N–H and O–H groups in total. The Labute approximate surface area is 85.3 Å². The van der Waals surface area contributed by atoms with Crippen molar-refractivity contribution < 1.29 is 22.9 Å². The number of hydrogen-bond acceptors (Lipinski definition) is 5. The number of benzene rings is 1. The minimum atomic E-state index is -4.33. The first-order valence-corrected chi connectivity index (χ1v) is 5.44. The highest BCUT2D eigenvalue weighted by molar-refractivity contribution is 7.85. The van der Waals surface area contributed by atoms with E-state index in [0.717, 1.165) is 12.1 Å². The molecular weight excluding hydrogens is 222 g/mol. The Morgan fingerprint density at radius 1 is 1.33 bits per heavy atom. The molecule has 0 saturated carbocycles. The summed E-state index contributed by atoms with van der Waals surface area (Å²) in [5, 5.41) is 11.6. The van der Waals surface area contributed by atoms with E-state index in [4.69, 9.17) is 9.66 Å². The van der Waals surface area contributed by atoms with Crippen molar-refractivity contribution in [3.05, 3.63) is 23.8 Å². The van der Waals surface area contributed by atoms with Crippen molar-refractivity contribution in [1.82, 2.24) is 0 Å². The Morgan fingerprint density at radius 2 is 2.00 bits per heavy atom. The zero-order chi connectivity index (χ0) is 11.2. The molecule has 0 fully saturated rings. The normalized spacial score (nSPS) is 19.9. The minimum absolute atomic E-state index is 0.0534. The summed E-state index contributed by atoms with van der Waals surface area (Å²) < 4.78 is 30.3. The molecule has 1 aliphatic rings. The fourth-order valence-corrected chi connectivity index (χ4v) is 1.88. The maximum Gasteiger partial charge on any atom is 0.294 e. The van der Waals surface area contributed by atoms with Crippen LogP contribution in [0.3, 0.4) is 0 Å². The molecule has 1 atom stereocenters. The number of aliphatic hydroxyl groups is 1. The molecule has 7 heteroatoms. The van der Waals surface area contributed by atoms with Crippen LogP contribution in [0.2, 0.25) is 0 Å². The fourth-order valence-electron chi connectivity index (χ4n) is 1.37. The number of carbonyl (C=O) groups is 1. The Hall–Kier alpha value is -1.44. The standard InChI is InChI=1S/C8H7NO5S/c10-7-5-3-4(15(12,13)14)1-2-6(5)9-8(7)11/h1-3,8-9,11H,(H,12,13,14). The summed E-state index contributed by atoms with van der Waals surface area (Å²) in [6, 6.07) is 3.48. The number of aliphatic hydroxyl groups excluding tert-OH is 1. The molecular formula is C8H7NO5S. The molecule has 80 valence electrons. The van der Waals surface area contributed by atoms with Gasteiger partial charge in [0.15, 0.2) is 6.23 Å². The molecule has 0 saturated heterocycles. The largest absolute Gasteiger partial charge is 0.367 e. The van der Waals surface area contributed by atoms with Crippen molar-refractivity contribution in [3.8, 4) is 0 Å². The van der Waals surface area contributed by atoms with Gasteiger partial charge in [-0.3, -0.25) is 9.35 Å². The molecule has 2 rings (SSSR count). The van der Waals surface area contributed by atoms with Crippen LogP contribution in [0.5, 0.6) is 0 Å².